The Bertz CT molecular complexity index is 1010. The summed E-state index contributed by atoms with van der Waals surface area (Å²) in [6.45, 7) is 1.99. The third kappa shape index (κ3) is 2.94. The Balaban J connectivity index is 1.73. The van der Waals surface area contributed by atoms with Crippen molar-refractivity contribution in [3.05, 3.63) is 83.6 Å². The summed E-state index contributed by atoms with van der Waals surface area (Å²) in [6, 6.07) is 17.7. The van der Waals surface area contributed by atoms with Gasteiger partial charge in [0.15, 0.2) is 0 Å². The summed E-state index contributed by atoms with van der Waals surface area (Å²) >= 11 is 1.42. The number of benzene rings is 1. The van der Waals surface area contributed by atoms with Crippen LogP contribution in [0.1, 0.15) is 28.2 Å². The second-order valence-electron chi connectivity index (χ2n) is 5.83. The normalized spacial score (nSPS) is 12.2. The molecular formula is C20H17N3OS. The molecule has 0 saturated carbocycles. The molecule has 0 saturated heterocycles. The highest BCUT2D eigenvalue weighted by atomic mass is 32.1. The monoisotopic (exact) mass is 347 g/mol. The molecule has 4 nitrogen and oxygen atoms in total. The molecule has 124 valence electrons. The van der Waals surface area contributed by atoms with Gasteiger partial charge in [0.1, 0.15) is 9.71 Å². The van der Waals surface area contributed by atoms with Gasteiger partial charge in [-0.25, -0.2) is 4.98 Å². The molecular weight excluding hydrogens is 330 g/mol. The molecule has 0 bridgehead atoms. The van der Waals surface area contributed by atoms with Crippen molar-refractivity contribution < 1.29 is 4.79 Å². The van der Waals surface area contributed by atoms with Crippen LogP contribution in [0.15, 0.2) is 73.2 Å². The van der Waals surface area contributed by atoms with Crippen molar-refractivity contribution in [3.8, 4) is 5.69 Å². The van der Waals surface area contributed by atoms with Crippen molar-refractivity contribution in [1.82, 2.24) is 14.9 Å². The minimum Gasteiger partial charge on any atom is -0.345 e. The Morgan fingerprint density at radius 3 is 2.60 bits per heavy atom. The van der Waals surface area contributed by atoms with Crippen LogP contribution in [0.5, 0.6) is 0 Å². The molecule has 0 aliphatic heterocycles. The van der Waals surface area contributed by atoms with Gasteiger partial charge in [-0.15, -0.1) is 11.3 Å². The van der Waals surface area contributed by atoms with Crippen molar-refractivity contribution in [1.29, 1.82) is 0 Å². The minimum atomic E-state index is -0.0805. The van der Waals surface area contributed by atoms with Crippen LogP contribution in [-0.2, 0) is 0 Å². The van der Waals surface area contributed by atoms with Crippen LogP contribution in [0.3, 0.4) is 0 Å². The lowest BCUT2D eigenvalue weighted by Crippen LogP contribution is -2.26. The van der Waals surface area contributed by atoms with Gasteiger partial charge in [-0.3, -0.25) is 4.79 Å². The van der Waals surface area contributed by atoms with Crippen LogP contribution in [0.2, 0.25) is 0 Å². The first-order chi connectivity index (χ1) is 12.2. The summed E-state index contributed by atoms with van der Waals surface area (Å²) in [6.07, 6.45) is 5.66. The Hall–Kier alpha value is -2.92. The minimum absolute atomic E-state index is 0.0654. The maximum absolute atomic E-state index is 13.0. The van der Waals surface area contributed by atoms with Gasteiger partial charge in [0.05, 0.1) is 11.7 Å². The van der Waals surface area contributed by atoms with E-state index in [2.05, 4.69) is 10.3 Å². The van der Waals surface area contributed by atoms with Crippen molar-refractivity contribution in [3.63, 3.8) is 0 Å². The molecule has 1 amide bonds. The third-order valence-electron chi connectivity index (χ3n) is 4.16. The molecule has 0 fully saturated rings. The third-order valence-corrected chi connectivity index (χ3v) is 5.26. The number of nitrogens with zero attached hydrogens (tertiary/aromatic N) is 2. The van der Waals surface area contributed by atoms with Crippen LogP contribution in [0.25, 0.3) is 15.9 Å². The number of fused-ring (bicyclic) bond motifs is 1. The molecule has 3 aromatic heterocycles. The largest absolute Gasteiger partial charge is 0.345 e. The van der Waals surface area contributed by atoms with Crippen molar-refractivity contribution in [2.75, 3.05) is 0 Å². The maximum Gasteiger partial charge on any atom is 0.264 e. The number of carbonyl (C=O) groups excluding carboxylic acids is 1. The van der Waals surface area contributed by atoms with Gasteiger partial charge in [-0.05, 0) is 36.8 Å². The fraction of sp³-hybridized carbons (Fsp3) is 0.100. The van der Waals surface area contributed by atoms with E-state index in [1.54, 1.807) is 6.20 Å². The Kier molecular flexibility index (Phi) is 4.07. The fourth-order valence-corrected chi connectivity index (χ4v) is 3.95. The van der Waals surface area contributed by atoms with E-state index in [-0.39, 0.29) is 11.9 Å². The predicted octanol–water partition coefficient (Wildman–Crippen LogP) is 4.58. The summed E-state index contributed by atoms with van der Waals surface area (Å²) in [7, 11) is 0. The zero-order chi connectivity index (χ0) is 17.2. The van der Waals surface area contributed by atoms with E-state index in [4.69, 9.17) is 0 Å². The average Bonchev–Trinajstić information content (AvgIpc) is 3.29. The van der Waals surface area contributed by atoms with Gasteiger partial charge in [-0.2, -0.15) is 0 Å². The molecule has 1 N–H and O–H groups in total. The van der Waals surface area contributed by atoms with E-state index in [1.165, 1.54) is 11.3 Å². The topological polar surface area (TPSA) is 46.9 Å². The lowest BCUT2D eigenvalue weighted by atomic mass is 10.1. The quantitative estimate of drug-likeness (QED) is 0.587. The molecule has 3 heterocycles. The molecule has 0 radical (unpaired) electrons. The maximum atomic E-state index is 13.0. The van der Waals surface area contributed by atoms with Gasteiger partial charge in [0.25, 0.3) is 5.91 Å². The first-order valence-electron chi connectivity index (χ1n) is 8.10. The number of nitrogens with one attached hydrogen (secondary N) is 1. The van der Waals surface area contributed by atoms with Crippen molar-refractivity contribution >= 4 is 27.5 Å². The molecule has 0 aliphatic rings. The summed E-state index contributed by atoms with van der Waals surface area (Å²) in [5.74, 6) is -0.0805. The van der Waals surface area contributed by atoms with Crippen molar-refractivity contribution in [2.45, 2.75) is 13.0 Å². The zero-order valence-corrected chi connectivity index (χ0v) is 14.5. The molecule has 0 aliphatic carbocycles. The first kappa shape index (κ1) is 15.6. The second kappa shape index (κ2) is 6.53. The van der Waals surface area contributed by atoms with Gasteiger partial charge in [-0.1, -0.05) is 30.3 Å². The molecule has 1 aromatic carbocycles. The van der Waals surface area contributed by atoms with Crippen LogP contribution in [0.4, 0.5) is 0 Å². The Morgan fingerprint density at radius 1 is 1.08 bits per heavy atom. The number of amides is 1. The number of aromatic nitrogens is 2. The predicted molar refractivity (Wildman–Crippen MR) is 101 cm³/mol. The molecule has 0 unspecified atom stereocenters. The second-order valence-corrected chi connectivity index (χ2v) is 6.83. The highest BCUT2D eigenvalue weighted by molar-refractivity contribution is 7.21. The molecule has 4 rings (SSSR count). The molecule has 5 heteroatoms. The summed E-state index contributed by atoms with van der Waals surface area (Å²) in [4.78, 5) is 18.9. The average molecular weight is 347 g/mol. The molecule has 0 spiro atoms. The highest BCUT2D eigenvalue weighted by Crippen LogP contribution is 2.33. The van der Waals surface area contributed by atoms with Gasteiger partial charge in [0.2, 0.25) is 0 Å². The number of hydrogen-bond acceptors (Lipinski definition) is 3. The van der Waals surface area contributed by atoms with Gasteiger partial charge >= 0.3 is 0 Å². The summed E-state index contributed by atoms with van der Waals surface area (Å²) in [5, 5.41) is 4.09. The summed E-state index contributed by atoms with van der Waals surface area (Å²) < 4.78 is 1.97. The van der Waals surface area contributed by atoms with Crippen LogP contribution in [-0.4, -0.2) is 15.5 Å². The van der Waals surface area contributed by atoms with Gasteiger partial charge < -0.3 is 9.88 Å². The standard InChI is InChI=1S/C20H17N3OS/c1-14(15-8-3-2-4-9-15)22-19(24)18-17(23-12-5-6-13-23)16-10-7-11-21-20(16)25-18/h2-14H,1H3,(H,22,24)/t14-/m0/s1. The molecule has 1 atom stereocenters. The summed E-state index contributed by atoms with van der Waals surface area (Å²) in [5.41, 5.74) is 1.97. The van der Waals surface area contributed by atoms with E-state index in [1.807, 2.05) is 78.5 Å². The number of pyridine rings is 1. The number of carbonyl (C=O) groups is 1. The zero-order valence-electron chi connectivity index (χ0n) is 13.7. The first-order valence-corrected chi connectivity index (χ1v) is 8.92. The molecule has 25 heavy (non-hydrogen) atoms. The number of rotatable bonds is 4. The van der Waals surface area contributed by atoms with E-state index in [0.29, 0.717) is 4.88 Å². The fourth-order valence-electron chi connectivity index (χ4n) is 2.90. The Labute approximate surface area is 149 Å². The van der Waals surface area contributed by atoms with E-state index in [0.717, 1.165) is 21.5 Å². The number of hydrogen-bond donors (Lipinski definition) is 1. The van der Waals surface area contributed by atoms with Crippen LogP contribution >= 0.6 is 11.3 Å². The van der Waals surface area contributed by atoms with E-state index >= 15 is 0 Å². The van der Waals surface area contributed by atoms with E-state index < -0.39 is 0 Å². The van der Waals surface area contributed by atoms with E-state index in [9.17, 15) is 4.79 Å². The van der Waals surface area contributed by atoms with Crippen molar-refractivity contribution in [2.24, 2.45) is 0 Å². The Morgan fingerprint density at radius 2 is 1.84 bits per heavy atom. The lowest BCUT2D eigenvalue weighted by molar-refractivity contribution is 0.0944. The smallest absolute Gasteiger partial charge is 0.264 e. The molecule has 4 aromatic rings. The SMILES string of the molecule is C[C@H](NC(=O)c1sc2ncccc2c1-n1cccc1)c1ccccc1. The van der Waals surface area contributed by atoms with Crippen LogP contribution < -0.4 is 5.32 Å². The lowest BCUT2D eigenvalue weighted by Gasteiger charge is -2.14. The van der Waals surface area contributed by atoms with Crippen LogP contribution in [0, 0.1) is 0 Å². The number of thiophene rings is 1. The van der Waals surface area contributed by atoms with Gasteiger partial charge in [0, 0.05) is 24.0 Å². The highest BCUT2D eigenvalue weighted by Gasteiger charge is 2.21.